The first kappa shape index (κ1) is 12.9. The van der Waals surface area contributed by atoms with Crippen molar-refractivity contribution in [2.24, 2.45) is 5.73 Å². The Labute approximate surface area is 108 Å². The van der Waals surface area contributed by atoms with E-state index >= 15 is 0 Å². The van der Waals surface area contributed by atoms with Gasteiger partial charge in [0.05, 0.1) is 11.3 Å². The molecule has 0 fully saturated rings. The zero-order valence-electron chi connectivity index (χ0n) is 9.86. The molecule has 98 valence electrons. The number of primary amides is 1. The summed E-state index contributed by atoms with van der Waals surface area (Å²) in [7, 11) is 0. The maximum Gasteiger partial charge on any atom is 0.251 e. The van der Waals surface area contributed by atoms with E-state index in [1.807, 2.05) is 0 Å². The molecule has 3 N–H and O–H groups in total. The van der Waals surface area contributed by atoms with Crippen molar-refractivity contribution in [1.29, 1.82) is 0 Å². The number of halogens is 2. The number of nitrogens with zero attached hydrogens (tertiary/aromatic N) is 1. The highest BCUT2D eigenvalue weighted by Crippen LogP contribution is 2.20. The summed E-state index contributed by atoms with van der Waals surface area (Å²) in [6, 6.07) is 5.20. The van der Waals surface area contributed by atoms with Gasteiger partial charge < -0.3 is 11.1 Å². The number of carbonyl (C=O) groups excluding carboxylic acids is 1. The molecule has 1 aromatic heterocycles. The van der Waals surface area contributed by atoms with Crippen LogP contribution >= 0.6 is 0 Å². The van der Waals surface area contributed by atoms with E-state index < -0.39 is 17.5 Å². The van der Waals surface area contributed by atoms with E-state index in [1.165, 1.54) is 0 Å². The molecule has 0 aliphatic heterocycles. The fraction of sp³-hybridized carbons (Fsp3) is 0.0769. The molecule has 0 atom stereocenters. The second kappa shape index (κ2) is 5.43. The quantitative estimate of drug-likeness (QED) is 0.887. The second-order valence-electron chi connectivity index (χ2n) is 3.89. The highest BCUT2D eigenvalue weighted by molar-refractivity contribution is 5.94. The van der Waals surface area contributed by atoms with Gasteiger partial charge in [-0.05, 0) is 23.8 Å². The molecule has 0 radical (unpaired) electrons. The first-order chi connectivity index (χ1) is 9.08. The fourth-order valence-corrected chi connectivity index (χ4v) is 1.57. The van der Waals surface area contributed by atoms with E-state index in [4.69, 9.17) is 5.73 Å². The Balaban J connectivity index is 2.21. The number of nitrogens with one attached hydrogen (secondary N) is 1. The maximum atomic E-state index is 13.5. The maximum absolute atomic E-state index is 13.5. The smallest absolute Gasteiger partial charge is 0.251 e. The van der Waals surface area contributed by atoms with Crippen LogP contribution in [0.2, 0.25) is 0 Å². The second-order valence-corrected chi connectivity index (χ2v) is 3.89. The molecule has 0 spiro atoms. The monoisotopic (exact) mass is 263 g/mol. The van der Waals surface area contributed by atoms with Crippen LogP contribution in [0.5, 0.6) is 0 Å². The summed E-state index contributed by atoms with van der Waals surface area (Å²) in [6.45, 7) is 0.323. The van der Waals surface area contributed by atoms with E-state index in [0.717, 1.165) is 11.6 Å². The lowest BCUT2D eigenvalue weighted by molar-refractivity contribution is 0.0996. The van der Waals surface area contributed by atoms with Gasteiger partial charge in [0, 0.05) is 25.0 Å². The molecule has 1 heterocycles. The van der Waals surface area contributed by atoms with E-state index in [2.05, 4.69) is 10.3 Å². The van der Waals surface area contributed by atoms with Gasteiger partial charge in [-0.25, -0.2) is 8.78 Å². The molecule has 0 saturated carbocycles. The highest BCUT2D eigenvalue weighted by atomic mass is 19.1. The van der Waals surface area contributed by atoms with Gasteiger partial charge in [0.25, 0.3) is 5.91 Å². The summed E-state index contributed by atoms with van der Waals surface area (Å²) < 4.78 is 26.8. The van der Waals surface area contributed by atoms with Crippen LogP contribution in [0.15, 0.2) is 36.7 Å². The normalized spacial score (nSPS) is 10.2. The van der Waals surface area contributed by atoms with Gasteiger partial charge in [-0.3, -0.25) is 9.78 Å². The van der Waals surface area contributed by atoms with Crippen LogP contribution in [0.3, 0.4) is 0 Å². The van der Waals surface area contributed by atoms with Crippen molar-refractivity contribution in [3.63, 3.8) is 0 Å². The van der Waals surface area contributed by atoms with Crippen LogP contribution in [0, 0.1) is 11.6 Å². The summed E-state index contributed by atoms with van der Waals surface area (Å²) >= 11 is 0. The van der Waals surface area contributed by atoms with E-state index in [9.17, 15) is 13.6 Å². The summed E-state index contributed by atoms with van der Waals surface area (Å²) in [4.78, 5) is 14.8. The predicted molar refractivity (Wildman–Crippen MR) is 66.4 cm³/mol. The summed E-state index contributed by atoms with van der Waals surface area (Å²) in [5.74, 6) is -2.69. The minimum atomic E-state index is -0.973. The third-order valence-corrected chi connectivity index (χ3v) is 2.55. The molecule has 19 heavy (non-hydrogen) atoms. The van der Waals surface area contributed by atoms with Gasteiger partial charge in [-0.15, -0.1) is 0 Å². The van der Waals surface area contributed by atoms with Gasteiger partial charge in [-0.1, -0.05) is 0 Å². The van der Waals surface area contributed by atoms with Gasteiger partial charge >= 0.3 is 0 Å². The lowest BCUT2D eigenvalue weighted by Gasteiger charge is -2.09. The number of pyridine rings is 1. The highest BCUT2D eigenvalue weighted by Gasteiger charge is 2.13. The Hall–Kier alpha value is -2.50. The molecule has 4 nitrogen and oxygen atoms in total. The number of carbonyl (C=O) groups is 1. The van der Waals surface area contributed by atoms with Crippen molar-refractivity contribution < 1.29 is 13.6 Å². The third kappa shape index (κ3) is 3.04. The van der Waals surface area contributed by atoms with Crippen LogP contribution in [0.4, 0.5) is 14.5 Å². The molecule has 0 saturated heterocycles. The van der Waals surface area contributed by atoms with Crippen LogP contribution < -0.4 is 11.1 Å². The van der Waals surface area contributed by atoms with E-state index in [0.29, 0.717) is 12.6 Å². The van der Waals surface area contributed by atoms with Crippen LogP contribution in [-0.4, -0.2) is 10.9 Å². The standard InChI is InChI=1S/C13H11F2N3O/c14-10-6-11(15)12(5-9(10)13(16)19)18-7-8-1-3-17-4-2-8/h1-6,18H,7H2,(H2,16,19). The Kier molecular flexibility index (Phi) is 3.70. The molecular formula is C13H11F2N3O. The van der Waals surface area contributed by atoms with Crippen LogP contribution in [0.25, 0.3) is 0 Å². The molecule has 0 aliphatic rings. The Morgan fingerprint density at radius 3 is 2.53 bits per heavy atom. The van der Waals surface area contributed by atoms with Crippen molar-refractivity contribution in [3.05, 3.63) is 59.4 Å². The van der Waals surface area contributed by atoms with Crippen LogP contribution in [-0.2, 0) is 6.54 Å². The number of rotatable bonds is 4. The predicted octanol–water partition coefficient (Wildman–Crippen LogP) is 2.07. The topological polar surface area (TPSA) is 68.0 Å². The first-order valence-electron chi connectivity index (χ1n) is 5.49. The summed E-state index contributed by atoms with van der Waals surface area (Å²) in [5.41, 5.74) is 5.55. The van der Waals surface area contributed by atoms with Gasteiger partial charge in [0.1, 0.15) is 11.6 Å². The Morgan fingerprint density at radius 1 is 1.21 bits per heavy atom. The molecule has 0 aliphatic carbocycles. The van der Waals surface area contributed by atoms with Crippen molar-refractivity contribution in [2.45, 2.75) is 6.54 Å². The molecule has 1 aromatic carbocycles. The van der Waals surface area contributed by atoms with Gasteiger partial charge in [-0.2, -0.15) is 0 Å². The minimum absolute atomic E-state index is 0.0204. The van der Waals surface area contributed by atoms with Gasteiger partial charge in [0.2, 0.25) is 0 Å². The molecular weight excluding hydrogens is 252 g/mol. The summed E-state index contributed by atoms with van der Waals surface area (Å²) in [6.07, 6.45) is 3.21. The number of anilines is 1. The number of hydrogen-bond acceptors (Lipinski definition) is 3. The number of aromatic nitrogens is 1. The number of benzene rings is 1. The summed E-state index contributed by atoms with van der Waals surface area (Å²) in [5, 5.41) is 2.77. The molecule has 0 unspecified atom stereocenters. The Bertz CT molecular complexity index is 602. The minimum Gasteiger partial charge on any atom is -0.379 e. The van der Waals surface area contributed by atoms with E-state index in [-0.39, 0.29) is 11.3 Å². The van der Waals surface area contributed by atoms with Crippen molar-refractivity contribution in [1.82, 2.24) is 4.98 Å². The Morgan fingerprint density at radius 2 is 1.89 bits per heavy atom. The number of hydrogen-bond donors (Lipinski definition) is 2. The number of amides is 1. The third-order valence-electron chi connectivity index (χ3n) is 2.55. The molecule has 0 bridgehead atoms. The lowest BCUT2D eigenvalue weighted by Crippen LogP contribution is -2.14. The zero-order chi connectivity index (χ0) is 13.8. The van der Waals surface area contributed by atoms with Crippen molar-refractivity contribution >= 4 is 11.6 Å². The first-order valence-corrected chi connectivity index (χ1v) is 5.49. The molecule has 1 amide bonds. The van der Waals surface area contributed by atoms with Crippen molar-refractivity contribution in [3.8, 4) is 0 Å². The molecule has 6 heteroatoms. The SMILES string of the molecule is NC(=O)c1cc(NCc2ccncc2)c(F)cc1F. The zero-order valence-corrected chi connectivity index (χ0v) is 9.86. The average Bonchev–Trinajstić information content (AvgIpc) is 2.38. The average molecular weight is 263 g/mol. The molecule has 2 aromatic rings. The largest absolute Gasteiger partial charge is 0.379 e. The molecule has 2 rings (SSSR count). The van der Waals surface area contributed by atoms with Gasteiger partial charge in [0.15, 0.2) is 0 Å². The van der Waals surface area contributed by atoms with E-state index in [1.54, 1.807) is 24.5 Å². The fourth-order valence-electron chi connectivity index (χ4n) is 1.57. The lowest BCUT2D eigenvalue weighted by atomic mass is 10.1. The van der Waals surface area contributed by atoms with Crippen molar-refractivity contribution in [2.75, 3.05) is 5.32 Å². The number of nitrogens with two attached hydrogens (primary N) is 1. The van der Waals surface area contributed by atoms with Crippen LogP contribution in [0.1, 0.15) is 15.9 Å².